The number of nitrogens with two attached hydrogens (primary N) is 1. The molecule has 21 heavy (non-hydrogen) atoms. The van der Waals surface area contributed by atoms with Crippen LogP contribution in [0.1, 0.15) is 0 Å². The number of nitrogen functional groups attached to an aromatic ring is 1. The van der Waals surface area contributed by atoms with E-state index in [1.807, 2.05) is 12.1 Å². The lowest BCUT2D eigenvalue weighted by Crippen LogP contribution is -1.97. The smallest absolute Gasteiger partial charge is 0.132 e. The quantitative estimate of drug-likeness (QED) is 0.773. The Labute approximate surface area is 126 Å². The van der Waals surface area contributed by atoms with Crippen LogP contribution >= 0.6 is 11.6 Å². The van der Waals surface area contributed by atoms with Crippen molar-refractivity contribution in [2.75, 3.05) is 5.73 Å². The van der Waals surface area contributed by atoms with E-state index in [-0.39, 0.29) is 5.82 Å². The van der Waals surface area contributed by atoms with E-state index >= 15 is 0 Å². The van der Waals surface area contributed by atoms with Gasteiger partial charge in [-0.25, -0.2) is 4.39 Å². The van der Waals surface area contributed by atoms with E-state index in [9.17, 15) is 4.39 Å². The molecule has 0 aliphatic heterocycles. The standard InChI is InChI=1S/C16H13ClFN3/c1-21-16(19)14(10-5-4-6-11(17)9-10)15(20-21)12-7-2-3-8-13(12)18/h2-9H,19H2,1H3. The Morgan fingerprint density at radius 2 is 1.90 bits per heavy atom. The van der Waals surface area contributed by atoms with Gasteiger partial charge in [0.25, 0.3) is 0 Å². The van der Waals surface area contributed by atoms with Crippen LogP contribution in [-0.4, -0.2) is 9.78 Å². The molecule has 0 fully saturated rings. The summed E-state index contributed by atoms with van der Waals surface area (Å²) in [7, 11) is 1.73. The Morgan fingerprint density at radius 3 is 2.62 bits per heavy atom. The van der Waals surface area contributed by atoms with Gasteiger partial charge in [-0.2, -0.15) is 5.10 Å². The molecule has 2 N–H and O–H groups in total. The van der Waals surface area contributed by atoms with E-state index in [2.05, 4.69) is 5.10 Å². The maximum absolute atomic E-state index is 14.1. The number of hydrogen-bond donors (Lipinski definition) is 1. The summed E-state index contributed by atoms with van der Waals surface area (Å²) < 4.78 is 15.6. The van der Waals surface area contributed by atoms with Gasteiger partial charge in [-0.1, -0.05) is 35.9 Å². The van der Waals surface area contributed by atoms with Gasteiger partial charge in [0.1, 0.15) is 17.3 Å². The number of rotatable bonds is 2. The Bertz CT molecular complexity index is 811. The average Bonchev–Trinajstić information content (AvgIpc) is 2.75. The molecule has 1 heterocycles. The molecule has 0 aliphatic carbocycles. The molecule has 0 amide bonds. The first-order chi connectivity index (χ1) is 10.1. The van der Waals surface area contributed by atoms with Gasteiger partial charge in [-0.15, -0.1) is 0 Å². The Balaban J connectivity index is 2.29. The number of halogens is 2. The average molecular weight is 302 g/mol. The van der Waals surface area contributed by atoms with E-state index in [1.54, 1.807) is 37.4 Å². The summed E-state index contributed by atoms with van der Waals surface area (Å²) in [5, 5.41) is 4.95. The van der Waals surface area contributed by atoms with Crippen LogP contribution in [0.5, 0.6) is 0 Å². The fraction of sp³-hybridized carbons (Fsp3) is 0.0625. The molecule has 3 rings (SSSR count). The van der Waals surface area contributed by atoms with Gasteiger partial charge in [0.05, 0.1) is 5.56 Å². The Hall–Kier alpha value is -2.33. The van der Waals surface area contributed by atoms with Gasteiger partial charge in [-0.3, -0.25) is 4.68 Å². The van der Waals surface area contributed by atoms with Crippen molar-refractivity contribution in [1.82, 2.24) is 9.78 Å². The molecule has 3 nitrogen and oxygen atoms in total. The van der Waals surface area contributed by atoms with Crippen LogP contribution in [0.2, 0.25) is 5.02 Å². The number of aromatic nitrogens is 2. The fourth-order valence-electron chi connectivity index (χ4n) is 2.31. The highest BCUT2D eigenvalue weighted by Gasteiger charge is 2.19. The maximum atomic E-state index is 14.1. The van der Waals surface area contributed by atoms with Gasteiger partial charge in [0.2, 0.25) is 0 Å². The van der Waals surface area contributed by atoms with E-state index in [4.69, 9.17) is 17.3 Å². The van der Waals surface area contributed by atoms with E-state index in [0.717, 1.165) is 5.56 Å². The van der Waals surface area contributed by atoms with Gasteiger partial charge < -0.3 is 5.73 Å². The summed E-state index contributed by atoms with van der Waals surface area (Å²) in [6.07, 6.45) is 0. The third-order valence-corrected chi connectivity index (χ3v) is 3.57. The monoisotopic (exact) mass is 301 g/mol. The van der Waals surface area contributed by atoms with Crippen LogP contribution in [0.3, 0.4) is 0 Å². The number of anilines is 1. The molecule has 0 aliphatic rings. The minimum Gasteiger partial charge on any atom is -0.383 e. The summed E-state index contributed by atoms with van der Waals surface area (Å²) >= 11 is 6.04. The first-order valence-corrected chi connectivity index (χ1v) is 6.79. The fourth-order valence-corrected chi connectivity index (χ4v) is 2.50. The summed E-state index contributed by atoms with van der Waals surface area (Å²) in [6.45, 7) is 0. The van der Waals surface area contributed by atoms with Crippen LogP contribution in [-0.2, 0) is 7.05 Å². The molecule has 1 aromatic heterocycles. The second-order valence-corrected chi connectivity index (χ2v) is 5.16. The normalized spacial score (nSPS) is 10.8. The lowest BCUT2D eigenvalue weighted by atomic mass is 10.0. The summed E-state index contributed by atoms with van der Waals surface area (Å²) in [5.41, 5.74) is 8.53. The van der Waals surface area contributed by atoms with Crippen molar-refractivity contribution in [1.29, 1.82) is 0 Å². The predicted octanol–water partition coefficient (Wildman–Crippen LogP) is 4.13. The lowest BCUT2D eigenvalue weighted by molar-refractivity contribution is 0.630. The highest BCUT2D eigenvalue weighted by atomic mass is 35.5. The topological polar surface area (TPSA) is 43.8 Å². The molecule has 0 bridgehead atoms. The van der Waals surface area contributed by atoms with E-state index in [1.165, 1.54) is 10.7 Å². The molecular formula is C16H13ClFN3. The van der Waals surface area contributed by atoms with Gasteiger partial charge in [-0.05, 0) is 29.8 Å². The molecule has 106 valence electrons. The SMILES string of the molecule is Cn1nc(-c2ccccc2F)c(-c2cccc(Cl)c2)c1N. The second-order valence-electron chi connectivity index (χ2n) is 4.72. The zero-order valence-corrected chi connectivity index (χ0v) is 12.1. The molecule has 0 unspecified atom stereocenters. The molecule has 0 atom stereocenters. The van der Waals surface area contributed by atoms with Crippen molar-refractivity contribution >= 4 is 17.4 Å². The molecule has 3 aromatic rings. The number of hydrogen-bond acceptors (Lipinski definition) is 2. The van der Waals surface area contributed by atoms with Crippen LogP contribution in [0, 0.1) is 5.82 Å². The van der Waals surface area contributed by atoms with Gasteiger partial charge >= 0.3 is 0 Å². The maximum Gasteiger partial charge on any atom is 0.132 e. The third-order valence-electron chi connectivity index (χ3n) is 3.33. The van der Waals surface area contributed by atoms with Crippen molar-refractivity contribution in [3.05, 3.63) is 59.4 Å². The number of benzene rings is 2. The third kappa shape index (κ3) is 2.38. The first kappa shape index (κ1) is 13.6. The molecule has 2 aromatic carbocycles. The van der Waals surface area contributed by atoms with Crippen LogP contribution in [0.15, 0.2) is 48.5 Å². The molecule has 0 saturated carbocycles. The van der Waals surface area contributed by atoms with Gasteiger partial charge in [0, 0.05) is 17.6 Å². The minimum atomic E-state index is -0.334. The highest BCUT2D eigenvalue weighted by molar-refractivity contribution is 6.30. The first-order valence-electron chi connectivity index (χ1n) is 6.41. The van der Waals surface area contributed by atoms with Crippen molar-refractivity contribution in [3.8, 4) is 22.4 Å². The van der Waals surface area contributed by atoms with Crippen molar-refractivity contribution in [2.24, 2.45) is 7.05 Å². The predicted molar refractivity (Wildman–Crippen MR) is 83.5 cm³/mol. The largest absolute Gasteiger partial charge is 0.383 e. The summed E-state index contributed by atoms with van der Waals surface area (Å²) in [5.74, 6) is 0.134. The van der Waals surface area contributed by atoms with E-state index in [0.29, 0.717) is 27.7 Å². The highest BCUT2D eigenvalue weighted by Crippen LogP contribution is 2.37. The van der Waals surface area contributed by atoms with Gasteiger partial charge in [0.15, 0.2) is 0 Å². The minimum absolute atomic E-state index is 0.334. The molecule has 0 radical (unpaired) electrons. The van der Waals surface area contributed by atoms with E-state index < -0.39 is 0 Å². The second kappa shape index (κ2) is 5.22. The zero-order valence-electron chi connectivity index (χ0n) is 11.3. The summed E-state index contributed by atoms with van der Waals surface area (Å²) in [4.78, 5) is 0. The van der Waals surface area contributed by atoms with Crippen LogP contribution in [0.4, 0.5) is 10.2 Å². The number of aryl methyl sites for hydroxylation is 1. The van der Waals surface area contributed by atoms with Crippen molar-refractivity contribution < 1.29 is 4.39 Å². The number of nitrogens with zero attached hydrogens (tertiary/aromatic N) is 2. The van der Waals surface area contributed by atoms with Crippen LogP contribution < -0.4 is 5.73 Å². The Morgan fingerprint density at radius 1 is 1.14 bits per heavy atom. The summed E-state index contributed by atoms with van der Waals surface area (Å²) in [6, 6.07) is 13.8. The van der Waals surface area contributed by atoms with Crippen molar-refractivity contribution in [2.45, 2.75) is 0 Å². The molecule has 5 heteroatoms. The molecular weight excluding hydrogens is 289 g/mol. The van der Waals surface area contributed by atoms with Crippen LogP contribution in [0.25, 0.3) is 22.4 Å². The zero-order chi connectivity index (χ0) is 15.0. The van der Waals surface area contributed by atoms with Crippen molar-refractivity contribution in [3.63, 3.8) is 0 Å². The molecule has 0 spiro atoms. The molecule has 0 saturated heterocycles. The Kier molecular flexibility index (Phi) is 3.39. The lowest BCUT2D eigenvalue weighted by Gasteiger charge is -2.05.